The summed E-state index contributed by atoms with van der Waals surface area (Å²) in [5.41, 5.74) is 8.91. The van der Waals surface area contributed by atoms with Crippen molar-refractivity contribution in [2.75, 3.05) is 5.32 Å². The second-order valence-electron chi connectivity index (χ2n) is 4.44. The summed E-state index contributed by atoms with van der Waals surface area (Å²) in [7, 11) is 0. The molecule has 0 aliphatic heterocycles. The number of thiocarbonyl (C=S) groups is 1. The van der Waals surface area contributed by atoms with E-state index in [0.717, 1.165) is 22.1 Å². The molecule has 1 atom stereocenters. The molecule has 2 rings (SSSR count). The van der Waals surface area contributed by atoms with Crippen LogP contribution < -0.4 is 11.1 Å². The van der Waals surface area contributed by atoms with E-state index in [1.807, 2.05) is 18.2 Å². The Kier molecular flexibility index (Phi) is 4.96. The third kappa shape index (κ3) is 4.03. The van der Waals surface area contributed by atoms with Gasteiger partial charge in [-0.3, -0.25) is 0 Å². The predicted molar refractivity (Wildman–Crippen MR) is 91.1 cm³/mol. The molecule has 0 radical (unpaired) electrons. The zero-order chi connectivity index (χ0) is 13.8. The first-order valence-electron chi connectivity index (χ1n) is 5.93. The maximum Gasteiger partial charge on any atom is 0.104 e. The van der Waals surface area contributed by atoms with Gasteiger partial charge < -0.3 is 11.1 Å². The van der Waals surface area contributed by atoms with Crippen molar-refractivity contribution in [3.8, 4) is 0 Å². The van der Waals surface area contributed by atoms with Gasteiger partial charge in [0.1, 0.15) is 4.99 Å². The SMILES string of the molecule is CC(Cc1ccsc1)Nc1ccc(C(N)=S)cc1Br. The topological polar surface area (TPSA) is 38.0 Å². The first kappa shape index (κ1) is 14.5. The highest BCUT2D eigenvalue weighted by molar-refractivity contribution is 9.10. The second kappa shape index (κ2) is 6.50. The van der Waals surface area contributed by atoms with Crippen LogP contribution in [0.15, 0.2) is 39.5 Å². The average Bonchev–Trinajstić information content (AvgIpc) is 2.84. The lowest BCUT2D eigenvalue weighted by atomic mass is 10.1. The smallest absolute Gasteiger partial charge is 0.104 e. The van der Waals surface area contributed by atoms with Gasteiger partial charge in [-0.2, -0.15) is 11.3 Å². The molecule has 2 aromatic rings. The zero-order valence-corrected chi connectivity index (χ0v) is 13.7. The van der Waals surface area contributed by atoms with Crippen molar-refractivity contribution in [2.45, 2.75) is 19.4 Å². The highest BCUT2D eigenvalue weighted by atomic mass is 79.9. The quantitative estimate of drug-likeness (QED) is 0.790. The van der Waals surface area contributed by atoms with E-state index in [-0.39, 0.29) is 0 Å². The minimum atomic E-state index is 0.363. The summed E-state index contributed by atoms with van der Waals surface area (Å²) in [4.78, 5) is 0.415. The molecule has 0 saturated heterocycles. The summed E-state index contributed by atoms with van der Waals surface area (Å²) in [6.07, 6.45) is 1.01. The number of nitrogens with two attached hydrogens (primary N) is 1. The minimum Gasteiger partial charge on any atom is -0.389 e. The molecular formula is C14H15BrN2S2. The van der Waals surface area contributed by atoms with E-state index in [4.69, 9.17) is 18.0 Å². The number of anilines is 1. The highest BCUT2D eigenvalue weighted by Gasteiger charge is 2.08. The van der Waals surface area contributed by atoms with Crippen LogP contribution in [0.4, 0.5) is 5.69 Å². The Morgan fingerprint density at radius 2 is 2.26 bits per heavy atom. The largest absolute Gasteiger partial charge is 0.389 e. The molecule has 1 aromatic carbocycles. The highest BCUT2D eigenvalue weighted by Crippen LogP contribution is 2.25. The van der Waals surface area contributed by atoms with E-state index in [0.29, 0.717) is 11.0 Å². The number of thiophene rings is 1. The van der Waals surface area contributed by atoms with Crippen LogP contribution >= 0.6 is 39.5 Å². The predicted octanol–water partition coefficient (Wildman–Crippen LogP) is 4.19. The summed E-state index contributed by atoms with van der Waals surface area (Å²) in [6.45, 7) is 2.17. The molecule has 0 aliphatic carbocycles. The number of nitrogens with one attached hydrogen (secondary N) is 1. The molecule has 0 amide bonds. The Morgan fingerprint density at radius 1 is 1.47 bits per heavy atom. The summed E-state index contributed by atoms with van der Waals surface area (Å²) in [6, 6.07) is 8.41. The van der Waals surface area contributed by atoms with Crippen LogP contribution in [0.1, 0.15) is 18.1 Å². The fourth-order valence-electron chi connectivity index (χ4n) is 1.86. The Bertz CT molecular complexity index is 567. The van der Waals surface area contributed by atoms with Gasteiger partial charge in [0.2, 0.25) is 0 Å². The van der Waals surface area contributed by atoms with Gasteiger partial charge in [-0.1, -0.05) is 12.2 Å². The summed E-state index contributed by atoms with van der Waals surface area (Å²) in [5.74, 6) is 0. The van der Waals surface area contributed by atoms with Gasteiger partial charge in [-0.05, 0) is 69.9 Å². The molecule has 0 aliphatic rings. The monoisotopic (exact) mass is 354 g/mol. The lowest BCUT2D eigenvalue weighted by molar-refractivity contribution is 0.792. The molecule has 1 unspecified atom stereocenters. The van der Waals surface area contributed by atoms with E-state index >= 15 is 0 Å². The van der Waals surface area contributed by atoms with Gasteiger partial charge in [0.05, 0.1) is 0 Å². The van der Waals surface area contributed by atoms with Gasteiger partial charge in [0.15, 0.2) is 0 Å². The van der Waals surface area contributed by atoms with E-state index in [1.165, 1.54) is 5.56 Å². The normalized spacial score (nSPS) is 12.1. The Labute approximate surface area is 131 Å². The molecule has 3 N–H and O–H groups in total. The third-order valence-electron chi connectivity index (χ3n) is 2.78. The van der Waals surface area contributed by atoms with Gasteiger partial charge >= 0.3 is 0 Å². The maximum atomic E-state index is 5.62. The summed E-state index contributed by atoms with van der Waals surface area (Å²) < 4.78 is 0.981. The Morgan fingerprint density at radius 3 is 2.84 bits per heavy atom. The fraction of sp³-hybridized carbons (Fsp3) is 0.214. The molecule has 2 nitrogen and oxygen atoms in total. The Hall–Kier alpha value is -0.910. The molecule has 100 valence electrons. The van der Waals surface area contributed by atoms with Gasteiger partial charge in [0, 0.05) is 21.8 Å². The molecule has 0 fully saturated rings. The third-order valence-corrected chi connectivity index (χ3v) is 4.40. The minimum absolute atomic E-state index is 0.363. The molecule has 0 bridgehead atoms. The van der Waals surface area contributed by atoms with Gasteiger partial charge in [-0.25, -0.2) is 0 Å². The number of hydrogen-bond donors (Lipinski definition) is 2. The standard InChI is InChI=1S/C14H15BrN2S2/c1-9(6-10-4-5-19-8-10)17-13-3-2-11(14(16)18)7-12(13)15/h2-5,7-9,17H,6H2,1H3,(H2,16,18). The van der Waals surface area contributed by atoms with Crippen LogP contribution in [0, 0.1) is 0 Å². The number of hydrogen-bond acceptors (Lipinski definition) is 3. The van der Waals surface area contributed by atoms with Crippen LogP contribution in [0.25, 0.3) is 0 Å². The van der Waals surface area contributed by atoms with Crippen LogP contribution in [0.3, 0.4) is 0 Å². The molecule has 1 heterocycles. The number of halogens is 1. The molecule has 5 heteroatoms. The van der Waals surface area contributed by atoms with E-state index < -0.39 is 0 Å². The number of rotatable bonds is 5. The van der Waals surface area contributed by atoms with Crippen molar-refractivity contribution in [3.63, 3.8) is 0 Å². The van der Waals surface area contributed by atoms with Crippen molar-refractivity contribution in [3.05, 3.63) is 50.6 Å². The summed E-state index contributed by atoms with van der Waals surface area (Å²) >= 11 is 10.2. The number of benzene rings is 1. The van der Waals surface area contributed by atoms with Crippen LogP contribution in [0.2, 0.25) is 0 Å². The van der Waals surface area contributed by atoms with E-state index in [1.54, 1.807) is 11.3 Å². The van der Waals surface area contributed by atoms with Crippen molar-refractivity contribution < 1.29 is 0 Å². The van der Waals surface area contributed by atoms with Crippen molar-refractivity contribution >= 4 is 50.2 Å². The van der Waals surface area contributed by atoms with E-state index in [9.17, 15) is 0 Å². The first-order chi connectivity index (χ1) is 9.06. The molecule has 0 spiro atoms. The van der Waals surface area contributed by atoms with Crippen LogP contribution in [-0.4, -0.2) is 11.0 Å². The van der Waals surface area contributed by atoms with Crippen molar-refractivity contribution in [1.82, 2.24) is 0 Å². The zero-order valence-electron chi connectivity index (χ0n) is 10.5. The molecule has 0 saturated carbocycles. The van der Waals surface area contributed by atoms with E-state index in [2.05, 4.69) is 45.0 Å². The van der Waals surface area contributed by atoms with Gasteiger partial charge in [0.25, 0.3) is 0 Å². The molecular weight excluding hydrogens is 340 g/mol. The van der Waals surface area contributed by atoms with Crippen LogP contribution in [0.5, 0.6) is 0 Å². The van der Waals surface area contributed by atoms with Crippen molar-refractivity contribution in [1.29, 1.82) is 0 Å². The maximum absolute atomic E-state index is 5.62. The van der Waals surface area contributed by atoms with Crippen molar-refractivity contribution in [2.24, 2.45) is 5.73 Å². The van der Waals surface area contributed by atoms with Gasteiger partial charge in [-0.15, -0.1) is 0 Å². The average molecular weight is 355 g/mol. The lowest BCUT2D eigenvalue weighted by Crippen LogP contribution is -2.18. The fourth-order valence-corrected chi connectivity index (χ4v) is 3.17. The Balaban J connectivity index is 2.04. The summed E-state index contributed by atoms with van der Waals surface area (Å²) in [5, 5.41) is 7.78. The molecule has 19 heavy (non-hydrogen) atoms. The lowest BCUT2D eigenvalue weighted by Gasteiger charge is -2.16. The molecule has 1 aromatic heterocycles. The second-order valence-corrected chi connectivity index (χ2v) is 6.51. The first-order valence-corrected chi connectivity index (χ1v) is 8.07. The van der Waals surface area contributed by atoms with Crippen LogP contribution in [-0.2, 0) is 6.42 Å².